The first-order chi connectivity index (χ1) is 16.3. The molecule has 2 aromatic carbocycles. The van der Waals surface area contributed by atoms with Crippen LogP contribution in [0.25, 0.3) is 10.9 Å². The summed E-state index contributed by atoms with van der Waals surface area (Å²) >= 11 is 0. The Labute approximate surface area is 195 Å². The molecule has 7 N–H and O–H groups in total. The zero-order valence-corrected chi connectivity index (χ0v) is 19.0. The number of aliphatic hydroxyl groups is 1. The van der Waals surface area contributed by atoms with Crippen LogP contribution in [0.5, 0.6) is 0 Å². The number of aromatic nitrogens is 4. The molecule has 0 atom stereocenters. The largest absolute Gasteiger partial charge is 0.397 e. The van der Waals surface area contributed by atoms with Gasteiger partial charge in [0.25, 0.3) is 0 Å². The van der Waals surface area contributed by atoms with Gasteiger partial charge in [0.05, 0.1) is 41.1 Å². The third-order valence-corrected chi connectivity index (χ3v) is 4.62. The van der Waals surface area contributed by atoms with Crippen molar-refractivity contribution in [3.8, 4) is 0 Å². The number of alkyl halides is 1. The van der Waals surface area contributed by atoms with Crippen LogP contribution in [0.15, 0.2) is 48.8 Å². The SMILES string of the molecule is CC(C)F.Nc1ccc(Nc2ncc(F)c(N(CCCO)c3cccc4[nH]ncc34)n2)cc1N. The molecule has 34 heavy (non-hydrogen) atoms. The van der Waals surface area contributed by atoms with E-state index in [1.807, 2.05) is 18.2 Å². The molecule has 4 rings (SSSR count). The average Bonchev–Trinajstić information content (AvgIpc) is 3.28. The van der Waals surface area contributed by atoms with Gasteiger partial charge >= 0.3 is 0 Å². The van der Waals surface area contributed by atoms with E-state index in [1.54, 1.807) is 29.3 Å². The summed E-state index contributed by atoms with van der Waals surface area (Å²) in [6, 6.07) is 10.6. The lowest BCUT2D eigenvalue weighted by molar-refractivity contribution is 0.290. The van der Waals surface area contributed by atoms with E-state index in [0.29, 0.717) is 30.0 Å². The van der Waals surface area contributed by atoms with E-state index in [-0.39, 0.29) is 18.4 Å². The minimum Gasteiger partial charge on any atom is -0.397 e. The molecule has 0 fully saturated rings. The Morgan fingerprint density at radius 3 is 2.62 bits per heavy atom. The second-order valence-electron chi connectivity index (χ2n) is 7.68. The fourth-order valence-corrected chi connectivity index (χ4v) is 3.15. The van der Waals surface area contributed by atoms with Crippen molar-refractivity contribution >= 4 is 45.4 Å². The highest BCUT2D eigenvalue weighted by Gasteiger charge is 2.19. The molecular weight excluding hydrogens is 442 g/mol. The summed E-state index contributed by atoms with van der Waals surface area (Å²) in [5.41, 5.74) is 14.6. The highest BCUT2D eigenvalue weighted by Crippen LogP contribution is 2.33. The number of fused-ring (bicyclic) bond motifs is 1. The third kappa shape index (κ3) is 6.07. The van der Waals surface area contributed by atoms with Crippen LogP contribution in [0.2, 0.25) is 0 Å². The molecule has 11 heteroatoms. The number of nitrogen functional groups attached to an aromatic ring is 2. The van der Waals surface area contributed by atoms with Crippen molar-refractivity contribution in [1.82, 2.24) is 20.2 Å². The van der Waals surface area contributed by atoms with Gasteiger partial charge in [0.2, 0.25) is 5.95 Å². The summed E-state index contributed by atoms with van der Waals surface area (Å²) in [6.45, 7) is 3.31. The first-order valence-corrected chi connectivity index (χ1v) is 10.7. The van der Waals surface area contributed by atoms with E-state index in [2.05, 4.69) is 25.5 Å². The Hall–Kier alpha value is -3.99. The van der Waals surface area contributed by atoms with E-state index >= 15 is 0 Å². The molecule has 0 saturated heterocycles. The molecule has 0 aliphatic rings. The Morgan fingerprint density at radius 2 is 1.91 bits per heavy atom. The highest BCUT2D eigenvalue weighted by atomic mass is 19.1. The molecule has 2 heterocycles. The van der Waals surface area contributed by atoms with Crippen molar-refractivity contribution in [2.24, 2.45) is 0 Å². The van der Waals surface area contributed by atoms with Crippen molar-refractivity contribution in [1.29, 1.82) is 0 Å². The molecule has 180 valence electrons. The number of aliphatic hydroxyl groups excluding tert-OH is 1. The monoisotopic (exact) mass is 470 g/mol. The maximum atomic E-state index is 14.8. The number of hydrogen-bond acceptors (Lipinski definition) is 8. The molecule has 0 saturated carbocycles. The molecule has 9 nitrogen and oxygen atoms in total. The summed E-state index contributed by atoms with van der Waals surface area (Å²) < 4.78 is 25.8. The number of nitrogens with one attached hydrogen (secondary N) is 2. The molecule has 0 unspecified atom stereocenters. The van der Waals surface area contributed by atoms with Gasteiger partial charge in [-0.15, -0.1) is 0 Å². The fraction of sp³-hybridized carbons (Fsp3) is 0.261. The van der Waals surface area contributed by atoms with Gasteiger partial charge in [-0.2, -0.15) is 10.1 Å². The van der Waals surface area contributed by atoms with Crippen molar-refractivity contribution in [3.05, 3.63) is 54.6 Å². The number of anilines is 6. The maximum absolute atomic E-state index is 14.8. The Bertz CT molecular complexity index is 1230. The summed E-state index contributed by atoms with van der Waals surface area (Å²) in [6.07, 6.45) is 2.54. The van der Waals surface area contributed by atoms with Gasteiger partial charge < -0.3 is 26.8 Å². The van der Waals surface area contributed by atoms with Crippen LogP contribution in [0.3, 0.4) is 0 Å². The molecular formula is C23H28F2N8O. The number of aromatic amines is 1. The summed E-state index contributed by atoms with van der Waals surface area (Å²) in [5, 5.41) is 20.1. The standard InChI is InChI=1S/C20H21FN8O.C3H7F/c21-14-11-24-20(26-12-5-6-15(22)16(23)9-12)27-19(14)29(7-2-8-30)18-4-1-3-17-13(18)10-25-28-17;1-3(2)4/h1,3-6,9-11,30H,2,7-8,22-23H2,(H,25,28)(H,24,26,27);3H,1-2H3. The summed E-state index contributed by atoms with van der Waals surface area (Å²) in [5.74, 6) is -0.308. The van der Waals surface area contributed by atoms with Crippen LogP contribution in [0, 0.1) is 5.82 Å². The van der Waals surface area contributed by atoms with Gasteiger partial charge in [0.15, 0.2) is 11.6 Å². The number of rotatable bonds is 7. The van der Waals surface area contributed by atoms with E-state index in [4.69, 9.17) is 11.5 Å². The van der Waals surface area contributed by atoms with Crippen LogP contribution < -0.4 is 21.7 Å². The number of halogens is 2. The molecule has 0 spiro atoms. The predicted octanol–water partition coefficient (Wildman–Crippen LogP) is 4.28. The number of benzene rings is 2. The zero-order chi connectivity index (χ0) is 24.7. The Balaban J connectivity index is 0.000000751. The van der Waals surface area contributed by atoms with E-state index in [0.717, 1.165) is 22.8 Å². The molecule has 0 amide bonds. The van der Waals surface area contributed by atoms with E-state index < -0.39 is 12.0 Å². The van der Waals surface area contributed by atoms with Crippen molar-refractivity contribution in [2.45, 2.75) is 26.4 Å². The molecule has 0 bridgehead atoms. The topological polar surface area (TPSA) is 142 Å². The molecule has 0 radical (unpaired) electrons. The highest BCUT2D eigenvalue weighted by molar-refractivity contribution is 5.93. The van der Waals surface area contributed by atoms with Gasteiger partial charge in [-0.05, 0) is 50.6 Å². The van der Waals surface area contributed by atoms with Gasteiger partial charge in [0.1, 0.15) is 0 Å². The second-order valence-corrected chi connectivity index (χ2v) is 7.68. The zero-order valence-electron chi connectivity index (χ0n) is 19.0. The number of nitrogens with zero attached hydrogens (tertiary/aromatic N) is 4. The van der Waals surface area contributed by atoms with Gasteiger partial charge in [0, 0.05) is 24.2 Å². The van der Waals surface area contributed by atoms with Crippen molar-refractivity contribution in [2.75, 3.05) is 34.8 Å². The lowest BCUT2D eigenvalue weighted by atomic mass is 10.2. The van der Waals surface area contributed by atoms with E-state index in [9.17, 15) is 13.9 Å². The van der Waals surface area contributed by atoms with Crippen molar-refractivity contribution < 1.29 is 13.9 Å². The lowest BCUT2D eigenvalue weighted by Gasteiger charge is -2.25. The molecule has 0 aliphatic heterocycles. The fourth-order valence-electron chi connectivity index (χ4n) is 3.15. The van der Waals surface area contributed by atoms with Crippen LogP contribution in [-0.2, 0) is 0 Å². The summed E-state index contributed by atoms with van der Waals surface area (Å²) in [4.78, 5) is 10.1. The van der Waals surface area contributed by atoms with Crippen LogP contribution in [0.4, 0.5) is 43.3 Å². The Morgan fingerprint density at radius 1 is 1.15 bits per heavy atom. The molecule has 0 aliphatic carbocycles. The van der Waals surface area contributed by atoms with Crippen LogP contribution >= 0.6 is 0 Å². The molecule has 4 aromatic rings. The van der Waals surface area contributed by atoms with Gasteiger partial charge in [-0.25, -0.2) is 13.8 Å². The van der Waals surface area contributed by atoms with Gasteiger partial charge in [-0.3, -0.25) is 5.10 Å². The minimum absolute atomic E-state index is 0.0413. The average molecular weight is 471 g/mol. The third-order valence-electron chi connectivity index (χ3n) is 4.62. The maximum Gasteiger partial charge on any atom is 0.229 e. The van der Waals surface area contributed by atoms with E-state index in [1.165, 1.54) is 13.8 Å². The predicted molar refractivity (Wildman–Crippen MR) is 132 cm³/mol. The number of H-pyrrole nitrogens is 1. The second kappa shape index (κ2) is 11.2. The lowest BCUT2D eigenvalue weighted by Crippen LogP contribution is -2.22. The van der Waals surface area contributed by atoms with Crippen molar-refractivity contribution in [3.63, 3.8) is 0 Å². The number of hydrogen-bond donors (Lipinski definition) is 5. The van der Waals surface area contributed by atoms with Crippen LogP contribution in [-0.4, -0.2) is 44.6 Å². The summed E-state index contributed by atoms with van der Waals surface area (Å²) in [7, 11) is 0. The smallest absolute Gasteiger partial charge is 0.229 e. The first kappa shape index (κ1) is 24.6. The first-order valence-electron chi connectivity index (χ1n) is 10.7. The minimum atomic E-state index is -0.667. The van der Waals surface area contributed by atoms with Crippen LogP contribution in [0.1, 0.15) is 20.3 Å². The normalized spacial score (nSPS) is 10.8. The van der Waals surface area contributed by atoms with Gasteiger partial charge in [-0.1, -0.05) is 6.07 Å². The Kier molecular flexibility index (Phi) is 8.14. The molecule has 2 aromatic heterocycles. The quantitative estimate of drug-likeness (QED) is 0.252. The number of nitrogens with two attached hydrogens (primary N) is 2.